The lowest BCUT2D eigenvalue weighted by molar-refractivity contribution is -0.348. The standard InChI is InChI=1S/C6H7F3O4/c7-6(8,9)5(2-12-3-5)13-1-4(10)11/h1-3H2,(H,10,11). The van der Waals surface area contributed by atoms with Gasteiger partial charge < -0.3 is 14.6 Å². The van der Waals surface area contributed by atoms with Gasteiger partial charge in [-0.2, -0.15) is 13.2 Å². The summed E-state index contributed by atoms with van der Waals surface area (Å²) in [5.74, 6) is -1.43. The highest BCUT2D eigenvalue weighted by molar-refractivity contribution is 5.68. The number of carboxylic acids is 1. The minimum absolute atomic E-state index is 0.635. The Bertz CT molecular complexity index is 208. The van der Waals surface area contributed by atoms with Crippen molar-refractivity contribution in [1.82, 2.24) is 0 Å². The van der Waals surface area contributed by atoms with Gasteiger partial charge in [-0.3, -0.25) is 0 Å². The van der Waals surface area contributed by atoms with E-state index in [-0.39, 0.29) is 0 Å². The Morgan fingerprint density at radius 1 is 1.54 bits per heavy atom. The largest absolute Gasteiger partial charge is 0.480 e. The van der Waals surface area contributed by atoms with Crippen LogP contribution in [0.4, 0.5) is 13.2 Å². The van der Waals surface area contributed by atoms with Crippen molar-refractivity contribution in [3.63, 3.8) is 0 Å². The fraction of sp³-hybridized carbons (Fsp3) is 0.833. The Balaban J connectivity index is 2.55. The van der Waals surface area contributed by atoms with Crippen molar-refractivity contribution in [2.45, 2.75) is 11.8 Å². The lowest BCUT2D eigenvalue weighted by Crippen LogP contribution is -2.62. The maximum Gasteiger partial charge on any atom is 0.422 e. The molecule has 4 nitrogen and oxygen atoms in total. The van der Waals surface area contributed by atoms with Gasteiger partial charge in [0.25, 0.3) is 0 Å². The zero-order valence-electron chi connectivity index (χ0n) is 6.43. The number of carbonyl (C=O) groups is 1. The molecule has 0 amide bonds. The normalized spacial score (nSPS) is 20.8. The Hall–Kier alpha value is -0.820. The molecule has 7 heteroatoms. The van der Waals surface area contributed by atoms with Gasteiger partial charge in [0, 0.05) is 0 Å². The number of rotatable bonds is 3. The molecule has 0 aromatic rings. The molecule has 1 saturated heterocycles. The summed E-state index contributed by atoms with van der Waals surface area (Å²) in [7, 11) is 0. The average Bonchev–Trinajstić information content (AvgIpc) is 1.80. The molecule has 0 aliphatic carbocycles. The van der Waals surface area contributed by atoms with E-state index in [1.54, 1.807) is 0 Å². The van der Waals surface area contributed by atoms with Gasteiger partial charge in [0.05, 0.1) is 13.2 Å². The molecule has 0 spiro atoms. The van der Waals surface area contributed by atoms with E-state index in [9.17, 15) is 18.0 Å². The van der Waals surface area contributed by atoms with E-state index in [2.05, 4.69) is 9.47 Å². The maximum absolute atomic E-state index is 12.2. The molecule has 0 aromatic carbocycles. The zero-order chi connectivity index (χ0) is 10.1. The van der Waals surface area contributed by atoms with Gasteiger partial charge in [0.15, 0.2) is 0 Å². The second-order valence-corrected chi connectivity index (χ2v) is 2.67. The van der Waals surface area contributed by atoms with Gasteiger partial charge in [0.2, 0.25) is 5.60 Å². The fourth-order valence-corrected chi connectivity index (χ4v) is 0.816. The first-order chi connectivity index (χ1) is 5.87. The molecule has 1 N–H and O–H groups in total. The molecule has 76 valence electrons. The monoisotopic (exact) mass is 200 g/mol. The van der Waals surface area contributed by atoms with E-state index in [4.69, 9.17) is 5.11 Å². The Morgan fingerprint density at radius 3 is 2.31 bits per heavy atom. The second kappa shape index (κ2) is 3.15. The van der Waals surface area contributed by atoms with Crippen LogP contribution in [-0.2, 0) is 14.3 Å². The molecule has 0 radical (unpaired) electrons. The molecule has 0 atom stereocenters. The van der Waals surface area contributed by atoms with Crippen molar-refractivity contribution in [3.8, 4) is 0 Å². The number of hydrogen-bond donors (Lipinski definition) is 1. The molecule has 0 unspecified atom stereocenters. The maximum atomic E-state index is 12.2. The minimum atomic E-state index is -4.58. The van der Waals surface area contributed by atoms with E-state index in [0.717, 1.165) is 0 Å². The number of halogens is 3. The highest BCUT2D eigenvalue weighted by atomic mass is 19.4. The minimum Gasteiger partial charge on any atom is -0.480 e. The third-order valence-corrected chi connectivity index (χ3v) is 1.66. The third-order valence-electron chi connectivity index (χ3n) is 1.66. The van der Waals surface area contributed by atoms with Gasteiger partial charge >= 0.3 is 12.1 Å². The second-order valence-electron chi connectivity index (χ2n) is 2.67. The Kier molecular flexibility index (Phi) is 2.49. The quantitative estimate of drug-likeness (QED) is 0.717. The van der Waals surface area contributed by atoms with Crippen molar-refractivity contribution >= 4 is 5.97 Å². The van der Waals surface area contributed by atoms with Crippen LogP contribution in [-0.4, -0.2) is 42.7 Å². The smallest absolute Gasteiger partial charge is 0.422 e. The van der Waals surface area contributed by atoms with E-state index < -0.39 is 37.6 Å². The van der Waals surface area contributed by atoms with Gasteiger partial charge in [-0.05, 0) is 0 Å². The first-order valence-electron chi connectivity index (χ1n) is 3.38. The predicted octanol–water partition coefficient (Wildman–Crippen LogP) is 0.419. The van der Waals surface area contributed by atoms with Crippen LogP contribution in [0.25, 0.3) is 0 Å². The van der Waals surface area contributed by atoms with Crippen LogP contribution in [0.1, 0.15) is 0 Å². The molecule has 1 aliphatic rings. The Morgan fingerprint density at radius 2 is 2.08 bits per heavy atom. The van der Waals surface area contributed by atoms with Crippen LogP contribution in [0.5, 0.6) is 0 Å². The van der Waals surface area contributed by atoms with E-state index in [1.165, 1.54) is 0 Å². The molecule has 0 aromatic heterocycles. The molecule has 1 fully saturated rings. The van der Waals surface area contributed by atoms with Crippen molar-refractivity contribution in [3.05, 3.63) is 0 Å². The molecular weight excluding hydrogens is 193 g/mol. The van der Waals surface area contributed by atoms with Gasteiger partial charge in [0.1, 0.15) is 6.61 Å². The first kappa shape index (κ1) is 10.3. The molecule has 0 saturated carbocycles. The van der Waals surface area contributed by atoms with Crippen LogP contribution >= 0.6 is 0 Å². The van der Waals surface area contributed by atoms with Crippen LogP contribution in [0, 0.1) is 0 Å². The molecule has 1 rings (SSSR count). The molecular formula is C6H7F3O4. The number of aliphatic carboxylic acids is 1. The van der Waals surface area contributed by atoms with E-state index in [0.29, 0.717) is 0 Å². The van der Waals surface area contributed by atoms with Crippen molar-refractivity contribution in [1.29, 1.82) is 0 Å². The lowest BCUT2D eigenvalue weighted by Gasteiger charge is -2.41. The van der Waals surface area contributed by atoms with Crippen molar-refractivity contribution in [2.24, 2.45) is 0 Å². The highest BCUT2D eigenvalue weighted by Gasteiger charge is 2.61. The topological polar surface area (TPSA) is 55.8 Å². The molecule has 0 bridgehead atoms. The van der Waals surface area contributed by atoms with Crippen LogP contribution < -0.4 is 0 Å². The summed E-state index contributed by atoms with van der Waals surface area (Å²) >= 11 is 0. The van der Waals surface area contributed by atoms with E-state index in [1.807, 2.05) is 0 Å². The summed E-state index contributed by atoms with van der Waals surface area (Å²) in [5, 5.41) is 8.13. The molecule has 1 heterocycles. The van der Waals surface area contributed by atoms with E-state index >= 15 is 0 Å². The number of ether oxygens (including phenoxy) is 2. The van der Waals surface area contributed by atoms with Crippen molar-refractivity contribution in [2.75, 3.05) is 19.8 Å². The summed E-state index contributed by atoms with van der Waals surface area (Å²) in [6.07, 6.45) is -4.58. The summed E-state index contributed by atoms with van der Waals surface area (Å²) in [5.41, 5.74) is -2.41. The zero-order valence-corrected chi connectivity index (χ0v) is 6.43. The fourth-order valence-electron chi connectivity index (χ4n) is 0.816. The molecule has 1 aliphatic heterocycles. The number of alkyl halides is 3. The Labute approximate surface area is 71.2 Å². The van der Waals surface area contributed by atoms with Crippen molar-refractivity contribution < 1.29 is 32.5 Å². The number of carboxylic acid groups (broad SMARTS) is 1. The average molecular weight is 200 g/mol. The van der Waals surface area contributed by atoms with Crippen LogP contribution in [0.2, 0.25) is 0 Å². The summed E-state index contributed by atoms with van der Waals surface area (Å²) in [6.45, 7) is -2.24. The SMILES string of the molecule is O=C(O)COC1(C(F)(F)F)COC1. The van der Waals surface area contributed by atoms with Gasteiger partial charge in [-0.25, -0.2) is 4.79 Å². The predicted molar refractivity (Wildman–Crippen MR) is 33.2 cm³/mol. The summed E-state index contributed by atoms with van der Waals surface area (Å²) in [4.78, 5) is 9.98. The first-order valence-corrected chi connectivity index (χ1v) is 3.38. The lowest BCUT2D eigenvalue weighted by atomic mass is 10.0. The highest BCUT2D eigenvalue weighted by Crippen LogP contribution is 2.39. The van der Waals surface area contributed by atoms with Gasteiger partial charge in [-0.15, -0.1) is 0 Å². The summed E-state index contributed by atoms with van der Waals surface area (Å²) < 4.78 is 45.2. The molecule has 13 heavy (non-hydrogen) atoms. The van der Waals surface area contributed by atoms with Crippen LogP contribution in [0.3, 0.4) is 0 Å². The van der Waals surface area contributed by atoms with Crippen LogP contribution in [0.15, 0.2) is 0 Å². The summed E-state index contributed by atoms with van der Waals surface area (Å²) in [6, 6.07) is 0. The van der Waals surface area contributed by atoms with Gasteiger partial charge in [-0.1, -0.05) is 0 Å². The third kappa shape index (κ3) is 1.92. The number of hydrogen-bond acceptors (Lipinski definition) is 3.